The number of anilines is 1. The molecule has 1 aliphatic rings. The van der Waals surface area contributed by atoms with Gasteiger partial charge in [0.1, 0.15) is 23.4 Å². The van der Waals surface area contributed by atoms with Crippen molar-refractivity contribution in [3.8, 4) is 5.75 Å². The van der Waals surface area contributed by atoms with E-state index in [0.29, 0.717) is 31.6 Å². The van der Waals surface area contributed by atoms with Gasteiger partial charge in [0.2, 0.25) is 0 Å². The van der Waals surface area contributed by atoms with Crippen LogP contribution in [0.3, 0.4) is 0 Å². The molecule has 1 saturated heterocycles. The number of halogens is 3. The van der Waals surface area contributed by atoms with E-state index in [0.717, 1.165) is 22.3 Å². The van der Waals surface area contributed by atoms with E-state index in [-0.39, 0.29) is 29.6 Å². The SMILES string of the molecule is Cc1c(N2CCC(Oc3ccccc3F)CC2)c(=O)n(C[C@@H](N)c2ccccc2)c(=O)n1Cc1c(F)cccc1F. The quantitative estimate of drug-likeness (QED) is 0.340. The molecule has 3 aromatic carbocycles. The Balaban J connectivity index is 1.50. The first-order valence-electron chi connectivity index (χ1n) is 13.5. The van der Waals surface area contributed by atoms with Crippen LogP contribution < -0.4 is 26.6 Å². The number of hydrogen-bond acceptors (Lipinski definition) is 5. The molecule has 0 aliphatic carbocycles. The summed E-state index contributed by atoms with van der Waals surface area (Å²) in [5.74, 6) is -1.86. The Labute approximate surface area is 235 Å². The molecular weight excluding hydrogens is 533 g/mol. The molecule has 0 bridgehead atoms. The fourth-order valence-electron chi connectivity index (χ4n) is 5.26. The average Bonchev–Trinajstić information content (AvgIpc) is 2.97. The largest absolute Gasteiger partial charge is 0.487 e. The van der Waals surface area contributed by atoms with Gasteiger partial charge in [-0.3, -0.25) is 13.9 Å². The predicted octanol–water partition coefficient (Wildman–Crippen LogP) is 4.53. The third-order valence-electron chi connectivity index (χ3n) is 7.53. The zero-order chi connectivity index (χ0) is 29.1. The Morgan fingerprint density at radius 2 is 1.46 bits per heavy atom. The zero-order valence-electron chi connectivity index (χ0n) is 22.6. The van der Waals surface area contributed by atoms with Crippen molar-refractivity contribution < 1.29 is 17.9 Å². The normalized spacial score (nSPS) is 14.7. The van der Waals surface area contributed by atoms with Crippen LogP contribution in [0.1, 0.15) is 35.7 Å². The number of piperidine rings is 1. The number of nitrogens with two attached hydrogens (primary N) is 1. The van der Waals surface area contributed by atoms with Crippen LogP contribution in [-0.2, 0) is 13.1 Å². The highest BCUT2D eigenvalue weighted by Gasteiger charge is 2.28. The van der Waals surface area contributed by atoms with E-state index >= 15 is 0 Å². The van der Waals surface area contributed by atoms with Crippen molar-refractivity contribution in [2.45, 2.75) is 45.0 Å². The van der Waals surface area contributed by atoms with E-state index in [4.69, 9.17) is 10.5 Å². The lowest BCUT2D eigenvalue weighted by Gasteiger charge is -2.35. The third kappa shape index (κ3) is 5.92. The zero-order valence-corrected chi connectivity index (χ0v) is 22.6. The molecule has 1 aliphatic heterocycles. The summed E-state index contributed by atoms with van der Waals surface area (Å²) in [7, 11) is 0. The van der Waals surface area contributed by atoms with Crippen LogP contribution >= 0.6 is 0 Å². The molecule has 0 unspecified atom stereocenters. The van der Waals surface area contributed by atoms with E-state index in [1.165, 1.54) is 16.7 Å². The van der Waals surface area contributed by atoms with E-state index < -0.39 is 41.3 Å². The Bertz CT molecular complexity index is 1630. The van der Waals surface area contributed by atoms with E-state index in [1.807, 2.05) is 23.1 Å². The maximum atomic E-state index is 14.6. The molecule has 2 N–H and O–H groups in total. The average molecular weight is 565 g/mol. The molecule has 5 rings (SSSR count). The molecule has 2 heterocycles. The van der Waals surface area contributed by atoms with Gasteiger partial charge in [-0.15, -0.1) is 0 Å². The number of hydrogen-bond donors (Lipinski definition) is 1. The van der Waals surface area contributed by atoms with Gasteiger partial charge in [0.05, 0.1) is 13.1 Å². The summed E-state index contributed by atoms with van der Waals surface area (Å²) >= 11 is 0. The van der Waals surface area contributed by atoms with E-state index in [2.05, 4.69) is 0 Å². The first-order valence-corrected chi connectivity index (χ1v) is 13.5. The molecule has 0 spiro atoms. The first kappa shape index (κ1) is 28.2. The molecular formula is C31H31F3N4O3. The molecule has 10 heteroatoms. The number of aromatic nitrogens is 2. The third-order valence-corrected chi connectivity index (χ3v) is 7.53. The van der Waals surface area contributed by atoms with Crippen molar-refractivity contribution in [3.63, 3.8) is 0 Å². The molecule has 0 amide bonds. The summed E-state index contributed by atoms with van der Waals surface area (Å²) in [5.41, 5.74) is 6.17. The second-order valence-corrected chi connectivity index (χ2v) is 10.2. The predicted molar refractivity (Wildman–Crippen MR) is 151 cm³/mol. The minimum Gasteiger partial charge on any atom is -0.487 e. The summed E-state index contributed by atoms with van der Waals surface area (Å²) in [6, 6.07) is 18.1. The summed E-state index contributed by atoms with van der Waals surface area (Å²) in [4.78, 5) is 29.4. The maximum absolute atomic E-state index is 14.6. The Hall–Kier alpha value is -4.31. The maximum Gasteiger partial charge on any atom is 0.331 e. The highest BCUT2D eigenvalue weighted by atomic mass is 19.1. The second kappa shape index (κ2) is 12.1. The summed E-state index contributed by atoms with van der Waals surface area (Å²) < 4.78 is 51.5. The molecule has 0 saturated carbocycles. The smallest absolute Gasteiger partial charge is 0.331 e. The van der Waals surface area contributed by atoms with Gasteiger partial charge in [-0.25, -0.2) is 18.0 Å². The van der Waals surface area contributed by atoms with Gasteiger partial charge < -0.3 is 15.4 Å². The number of rotatable bonds is 8. The lowest BCUT2D eigenvalue weighted by Crippen LogP contribution is -2.48. The fraction of sp³-hybridized carbons (Fsp3) is 0.290. The summed E-state index contributed by atoms with van der Waals surface area (Å²) in [6.07, 6.45) is 0.728. The fourth-order valence-corrected chi connectivity index (χ4v) is 5.26. The van der Waals surface area contributed by atoms with Crippen molar-refractivity contribution in [3.05, 3.63) is 128 Å². The first-order chi connectivity index (χ1) is 19.7. The van der Waals surface area contributed by atoms with Crippen molar-refractivity contribution in [1.29, 1.82) is 0 Å². The topological polar surface area (TPSA) is 82.5 Å². The van der Waals surface area contributed by atoms with Gasteiger partial charge in [-0.05, 0) is 36.8 Å². The van der Waals surface area contributed by atoms with Gasteiger partial charge in [-0.1, -0.05) is 48.5 Å². The monoisotopic (exact) mass is 564 g/mol. The highest BCUT2D eigenvalue weighted by Crippen LogP contribution is 2.25. The van der Waals surface area contributed by atoms with Crippen LogP contribution in [-0.4, -0.2) is 28.3 Å². The minimum atomic E-state index is -0.789. The molecule has 1 atom stereocenters. The van der Waals surface area contributed by atoms with Crippen molar-refractivity contribution >= 4 is 5.69 Å². The van der Waals surface area contributed by atoms with Crippen LogP contribution in [0.15, 0.2) is 82.4 Å². The summed E-state index contributed by atoms with van der Waals surface area (Å²) in [5, 5.41) is 0. The molecule has 1 fully saturated rings. The molecule has 1 aromatic heterocycles. The number of ether oxygens (including phenoxy) is 1. The van der Waals surface area contributed by atoms with Gasteiger partial charge in [-0.2, -0.15) is 0 Å². The Morgan fingerprint density at radius 1 is 0.854 bits per heavy atom. The van der Waals surface area contributed by atoms with Gasteiger partial charge in [0.25, 0.3) is 5.56 Å². The highest BCUT2D eigenvalue weighted by molar-refractivity contribution is 5.49. The molecule has 7 nitrogen and oxygen atoms in total. The van der Waals surface area contributed by atoms with Crippen molar-refractivity contribution in [1.82, 2.24) is 9.13 Å². The van der Waals surface area contributed by atoms with Crippen LogP contribution in [0.2, 0.25) is 0 Å². The molecule has 41 heavy (non-hydrogen) atoms. The van der Waals surface area contributed by atoms with Gasteiger partial charge >= 0.3 is 5.69 Å². The van der Waals surface area contributed by atoms with Crippen LogP contribution in [0, 0.1) is 24.4 Å². The van der Waals surface area contributed by atoms with Gasteiger partial charge in [0.15, 0.2) is 11.6 Å². The molecule has 0 radical (unpaired) electrons. The summed E-state index contributed by atoms with van der Waals surface area (Å²) in [6.45, 7) is 1.87. The van der Waals surface area contributed by atoms with Crippen molar-refractivity contribution in [2.75, 3.05) is 18.0 Å². The minimum absolute atomic E-state index is 0.123. The Morgan fingerprint density at radius 3 is 2.12 bits per heavy atom. The lowest BCUT2D eigenvalue weighted by molar-refractivity contribution is 0.163. The number of para-hydroxylation sites is 1. The molecule has 4 aromatic rings. The van der Waals surface area contributed by atoms with Crippen LogP contribution in [0.4, 0.5) is 18.9 Å². The standard InChI is InChI=1S/C31H31F3N4O3/c1-20-29(36-16-14-22(15-17-36)41-28-13-6-5-10-26(28)34)30(39)38(19-27(35)21-8-3-2-4-9-21)31(40)37(20)18-23-24(32)11-7-12-25(23)33/h2-13,22,27H,14-19,35H2,1H3/t27-/m1/s1. The van der Waals surface area contributed by atoms with Crippen molar-refractivity contribution in [2.24, 2.45) is 5.73 Å². The lowest BCUT2D eigenvalue weighted by atomic mass is 10.1. The number of benzene rings is 3. The Kier molecular flexibility index (Phi) is 8.30. The van der Waals surface area contributed by atoms with E-state index in [1.54, 1.807) is 37.3 Å². The second-order valence-electron chi connectivity index (χ2n) is 10.2. The number of nitrogens with zero attached hydrogens (tertiary/aromatic N) is 3. The van der Waals surface area contributed by atoms with E-state index in [9.17, 15) is 22.8 Å². The molecule has 214 valence electrons. The van der Waals surface area contributed by atoms with Crippen LogP contribution in [0.25, 0.3) is 0 Å². The van der Waals surface area contributed by atoms with Gasteiger partial charge in [0, 0.05) is 43.2 Å². The van der Waals surface area contributed by atoms with Crippen LogP contribution in [0.5, 0.6) is 5.75 Å².